The Hall–Kier alpha value is -1.56. The summed E-state index contributed by atoms with van der Waals surface area (Å²) < 4.78 is 41.1. The molecule has 0 spiro atoms. The van der Waals surface area contributed by atoms with Crippen LogP contribution in [0.3, 0.4) is 0 Å². The van der Waals surface area contributed by atoms with E-state index in [1.807, 2.05) is 6.92 Å². The van der Waals surface area contributed by atoms with Gasteiger partial charge in [-0.3, -0.25) is 4.79 Å². The third-order valence-electron chi connectivity index (χ3n) is 2.79. The van der Waals surface area contributed by atoms with Gasteiger partial charge in [0.05, 0.1) is 25.8 Å². The number of rotatable bonds is 5. The quantitative estimate of drug-likeness (QED) is 0.840. The first kappa shape index (κ1) is 15.5. The summed E-state index contributed by atoms with van der Waals surface area (Å²) >= 11 is 0. The number of halogens is 3. The van der Waals surface area contributed by atoms with E-state index in [0.29, 0.717) is 11.3 Å². The van der Waals surface area contributed by atoms with Crippen LogP contribution in [0.2, 0.25) is 0 Å². The molecule has 0 saturated heterocycles. The van der Waals surface area contributed by atoms with Crippen molar-refractivity contribution in [2.45, 2.75) is 20.0 Å². The molecule has 1 N–H and O–H groups in total. The monoisotopic (exact) mass is 275 g/mol. The van der Waals surface area contributed by atoms with Gasteiger partial charge >= 0.3 is 6.18 Å². The van der Waals surface area contributed by atoms with Gasteiger partial charge in [-0.05, 0) is 31.0 Å². The first-order valence-corrected chi connectivity index (χ1v) is 5.71. The van der Waals surface area contributed by atoms with Gasteiger partial charge in [0, 0.05) is 0 Å². The first-order chi connectivity index (χ1) is 8.76. The topological polar surface area (TPSA) is 38.3 Å². The molecule has 0 aliphatic rings. The molecule has 0 fully saturated rings. The zero-order valence-electron chi connectivity index (χ0n) is 11.0. The van der Waals surface area contributed by atoms with Gasteiger partial charge in [0.1, 0.15) is 5.75 Å². The summed E-state index contributed by atoms with van der Waals surface area (Å²) in [5, 5.41) is 2.08. The van der Waals surface area contributed by atoms with E-state index in [4.69, 9.17) is 4.74 Å². The maximum Gasteiger partial charge on any atom is 0.401 e. The molecule has 3 nitrogen and oxygen atoms in total. The summed E-state index contributed by atoms with van der Waals surface area (Å²) in [6.07, 6.45) is -4.33. The summed E-state index contributed by atoms with van der Waals surface area (Å²) in [5.41, 5.74) is 2.06. The molecule has 1 aromatic carbocycles. The fraction of sp³-hybridized carbons (Fsp3) is 0.462. The summed E-state index contributed by atoms with van der Waals surface area (Å²) in [7, 11) is 1.43. The standard InChI is InChI=1S/C13H16F3NO2/c1-8-4-5-10(12(19-3)9(8)2)11(18)6-17-7-13(14,15)16/h4-5,17H,6-7H2,1-3H3. The van der Waals surface area contributed by atoms with Crippen molar-refractivity contribution in [1.29, 1.82) is 0 Å². The van der Waals surface area contributed by atoms with Crippen molar-refractivity contribution in [3.8, 4) is 5.75 Å². The Labute approximate surface area is 109 Å². The van der Waals surface area contributed by atoms with Crippen LogP contribution in [0.25, 0.3) is 0 Å². The molecule has 106 valence electrons. The number of carbonyl (C=O) groups excluding carboxylic acids is 1. The number of benzene rings is 1. The Kier molecular flexibility index (Phi) is 4.94. The Bertz CT molecular complexity index is 470. The Morgan fingerprint density at radius 1 is 1.32 bits per heavy atom. The second kappa shape index (κ2) is 6.06. The highest BCUT2D eigenvalue weighted by Crippen LogP contribution is 2.26. The highest BCUT2D eigenvalue weighted by molar-refractivity contribution is 6.00. The first-order valence-electron chi connectivity index (χ1n) is 5.71. The van der Waals surface area contributed by atoms with Crippen molar-refractivity contribution in [3.63, 3.8) is 0 Å². The summed E-state index contributed by atoms with van der Waals surface area (Å²) in [5.74, 6) is -0.0111. The van der Waals surface area contributed by atoms with Crippen molar-refractivity contribution >= 4 is 5.78 Å². The van der Waals surface area contributed by atoms with E-state index in [-0.39, 0.29) is 6.54 Å². The maximum absolute atomic E-state index is 12.0. The third-order valence-corrected chi connectivity index (χ3v) is 2.79. The third kappa shape index (κ3) is 4.24. The molecule has 0 heterocycles. The molecular weight excluding hydrogens is 259 g/mol. The number of Topliss-reactive ketones (excluding diaryl/α,β-unsaturated/α-hetero) is 1. The number of hydrogen-bond donors (Lipinski definition) is 1. The van der Waals surface area contributed by atoms with Crippen LogP contribution < -0.4 is 10.1 Å². The van der Waals surface area contributed by atoms with Gasteiger partial charge in [-0.25, -0.2) is 0 Å². The molecule has 0 aliphatic carbocycles. The molecular formula is C13H16F3NO2. The normalized spacial score (nSPS) is 11.5. The largest absolute Gasteiger partial charge is 0.496 e. The highest BCUT2D eigenvalue weighted by atomic mass is 19.4. The summed E-state index contributed by atoms with van der Waals surface area (Å²) in [6.45, 7) is 2.10. The van der Waals surface area contributed by atoms with Crippen LogP contribution >= 0.6 is 0 Å². The van der Waals surface area contributed by atoms with Crippen molar-refractivity contribution < 1.29 is 22.7 Å². The molecule has 0 amide bonds. The van der Waals surface area contributed by atoms with E-state index in [2.05, 4.69) is 5.32 Å². The number of ketones is 1. The zero-order chi connectivity index (χ0) is 14.6. The van der Waals surface area contributed by atoms with Crippen LogP contribution in [-0.4, -0.2) is 32.2 Å². The van der Waals surface area contributed by atoms with Crippen LogP contribution in [0.4, 0.5) is 13.2 Å². The molecule has 19 heavy (non-hydrogen) atoms. The van der Waals surface area contributed by atoms with Crippen molar-refractivity contribution in [2.24, 2.45) is 0 Å². The number of hydrogen-bond acceptors (Lipinski definition) is 3. The molecule has 1 rings (SSSR count). The van der Waals surface area contributed by atoms with Crippen LogP contribution in [0.15, 0.2) is 12.1 Å². The maximum atomic E-state index is 12.0. The smallest absolute Gasteiger partial charge is 0.401 e. The van der Waals surface area contributed by atoms with E-state index in [9.17, 15) is 18.0 Å². The number of ether oxygens (including phenoxy) is 1. The van der Waals surface area contributed by atoms with Crippen LogP contribution in [-0.2, 0) is 0 Å². The molecule has 0 aliphatic heterocycles. The van der Waals surface area contributed by atoms with Crippen molar-refractivity contribution in [1.82, 2.24) is 5.32 Å². The minimum Gasteiger partial charge on any atom is -0.496 e. The predicted molar refractivity (Wildman–Crippen MR) is 65.7 cm³/mol. The molecule has 0 unspecified atom stereocenters. The molecule has 6 heteroatoms. The van der Waals surface area contributed by atoms with E-state index in [0.717, 1.165) is 11.1 Å². The van der Waals surface area contributed by atoms with E-state index in [1.165, 1.54) is 7.11 Å². The Balaban J connectivity index is 2.80. The Morgan fingerprint density at radius 2 is 1.95 bits per heavy atom. The predicted octanol–water partition coefficient (Wildman–Crippen LogP) is 2.65. The second-order valence-corrected chi connectivity index (χ2v) is 4.23. The second-order valence-electron chi connectivity index (χ2n) is 4.23. The number of methoxy groups -OCH3 is 1. The average Bonchev–Trinajstić information content (AvgIpc) is 2.30. The number of carbonyl (C=O) groups is 1. The highest BCUT2D eigenvalue weighted by Gasteiger charge is 2.27. The van der Waals surface area contributed by atoms with Gasteiger partial charge < -0.3 is 10.1 Å². The summed E-state index contributed by atoms with van der Waals surface area (Å²) in [6, 6.07) is 3.31. The van der Waals surface area contributed by atoms with Gasteiger partial charge in [0.2, 0.25) is 0 Å². The Morgan fingerprint density at radius 3 is 2.47 bits per heavy atom. The van der Waals surface area contributed by atoms with Gasteiger partial charge in [-0.2, -0.15) is 13.2 Å². The number of nitrogens with one attached hydrogen (secondary N) is 1. The summed E-state index contributed by atoms with van der Waals surface area (Å²) in [4.78, 5) is 11.9. The fourth-order valence-electron chi connectivity index (χ4n) is 1.69. The van der Waals surface area contributed by atoms with Crippen molar-refractivity contribution in [2.75, 3.05) is 20.2 Å². The molecule has 0 radical (unpaired) electrons. The molecule has 0 aromatic heterocycles. The fourth-order valence-corrected chi connectivity index (χ4v) is 1.69. The van der Waals surface area contributed by atoms with Gasteiger partial charge in [-0.15, -0.1) is 0 Å². The SMILES string of the molecule is COc1c(C(=O)CNCC(F)(F)F)ccc(C)c1C. The van der Waals surface area contributed by atoms with E-state index < -0.39 is 18.5 Å². The van der Waals surface area contributed by atoms with Crippen molar-refractivity contribution in [3.05, 3.63) is 28.8 Å². The van der Waals surface area contributed by atoms with Crippen LogP contribution in [0, 0.1) is 13.8 Å². The van der Waals surface area contributed by atoms with Crippen LogP contribution in [0.1, 0.15) is 21.5 Å². The lowest BCUT2D eigenvalue weighted by Gasteiger charge is -2.13. The zero-order valence-corrected chi connectivity index (χ0v) is 11.0. The lowest BCUT2D eigenvalue weighted by atomic mass is 10.0. The average molecular weight is 275 g/mol. The van der Waals surface area contributed by atoms with E-state index >= 15 is 0 Å². The molecule has 0 bridgehead atoms. The van der Waals surface area contributed by atoms with Gasteiger partial charge in [0.25, 0.3) is 0 Å². The number of alkyl halides is 3. The minimum atomic E-state index is -4.33. The lowest BCUT2D eigenvalue weighted by molar-refractivity contribution is -0.124. The van der Waals surface area contributed by atoms with Gasteiger partial charge in [-0.1, -0.05) is 6.07 Å². The minimum absolute atomic E-state index is 0.292. The number of aryl methyl sites for hydroxylation is 1. The molecule has 1 aromatic rings. The molecule has 0 saturated carbocycles. The van der Waals surface area contributed by atoms with E-state index in [1.54, 1.807) is 19.1 Å². The molecule has 0 atom stereocenters. The van der Waals surface area contributed by atoms with Gasteiger partial charge in [0.15, 0.2) is 5.78 Å². The van der Waals surface area contributed by atoms with Crippen LogP contribution in [0.5, 0.6) is 5.75 Å². The lowest BCUT2D eigenvalue weighted by Crippen LogP contribution is -2.33.